The van der Waals surface area contributed by atoms with Crippen molar-refractivity contribution in [3.63, 3.8) is 0 Å². The molecule has 8 heteroatoms. The molecule has 0 spiro atoms. The number of piperazine rings is 2. The van der Waals surface area contributed by atoms with Gasteiger partial charge in [-0.25, -0.2) is 0 Å². The van der Waals surface area contributed by atoms with Crippen LogP contribution in [0.25, 0.3) is 0 Å². The number of hydrogen-bond acceptors (Lipinski definition) is 4. The van der Waals surface area contributed by atoms with Gasteiger partial charge >= 0.3 is 23.6 Å². The van der Waals surface area contributed by atoms with Crippen LogP contribution in [-0.2, 0) is 19.2 Å². The Hall–Kier alpha value is -2.12. The molecule has 0 radical (unpaired) electrons. The summed E-state index contributed by atoms with van der Waals surface area (Å²) in [6, 6.07) is 0.0242. The molecule has 2 heterocycles. The van der Waals surface area contributed by atoms with E-state index >= 15 is 0 Å². The van der Waals surface area contributed by atoms with Crippen LogP contribution in [0.4, 0.5) is 0 Å². The smallest absolute Gasteiger partial charge is 0.312 e. The lowest BCUT2D eigenvalue weighted by Gasteiger charge is -2.38. The van der Waals surface area contributed by atoms with Crippen molar-refractivity contribution in [1.29, 1.82) is 0 Å². The molecule has 1 atom stereocenters. The molecular formula is C27H44N4O4. The lowest BCUT2D eigenvalue weighted by molar-refractivity contribution is -0.156. The molecule has 0 aromatic heterocycles. The fourth-order valence-corrected chi connectivity index (χ4v) is 6.47. The summed E-state index contributed by atoms with van der Waals surface area (Å²) in [6.45, 7) is 3.73. The van der Waals surface area contributed by atoms with Crippen molar-refractivity contribution in [3.8, 4) is 0 Å². The maximum Gasteiger partial charge on any atom is 0.312 e. The van der Waals surface area contributed by atoms with Gasteiger partial charge < -0.3 is 20.0 Å². The van der Waals surface area contributed by atoms with Gasteiger partial charge in [-0.3, -0.25) is 19.2 Å². The molecule has 4 amide bonds. The number of carbonyl (C=O) groups excluding carboxylic acids is 4. The van der Waals surface area contributed by atoms with Crippen LogP contribution < -0.4 is 5.32 Å². The van der Waals surface area contributed by atoms with E-state index in [1.54, 1.807) is 9.80 Å². The quantitative estimate of drug-likeness (QED) is 0.378. The average Bonchev–Trinajstić information content (AvgIpc) is 2.89. The third-order valence-electron chi connectivity index (χ3n) is 8.72. The Kier molecular flexibility index (Phi) is 9.44. The summed E-state index contributed by atoms with van der Waals surface area (Å²) in [5.41, 5.74) is 0. The van der Waals surface area contributed by atoms with Gasteiger partial charge in [-0.15, -0.1) is 0 Å². The second kappa shape index (κ2) is 12.7. The Morgan fingerprint density at radius 1 is 0.657 bits per heavy atom. The van der Waals surface area contributed by atoms with E-state index in [-0.39, 0.29) is 17.9 Å². The van der Waals surface area contributed by atoms with Gasteiger partial charge in [0.05, 0.1) is 0 Å². The van der Waals surface area contributed by atoms with Crippen LogP contribution in [0, 0.1) is 11.8 Å². The summed E-state index contributed by atoms with van der Waals surface area (Å²) >= 11 is 0. The highest BCUT2D eigenvalue weighted by Gasteiger charge is 2.36. The normalized spacial score (nSPS) is 25.4. The highest BCUT2D eigenvalue weighted by atomic mass is 16.2. The number of amides is 4. The fraction of sp³-hybridized carbons (Fsp3) is 0.852. The largest absolute Gasteiger partial charge is 0.346 e. The molecule has 0 aromatic rings. The highest BCUT2D eigenvalue weighted by molar-refractivity contribution is 6.36. The molecule has 4 fully saturated rings. The number of carbonyl (C=O) groups is 4. The molecule has 0 aromatic carbocycles. The van der Waals surface area contributed by atoms with Gasteiger partial charge in [-0.05, 0) is 50.4 Å². The Balaban J connectivity index is 1.18. The molecule has 4 aliphatic rings. The van der Waals surface area contributed by atoms with Crippen LogP contribution in [0.1, 0.15) is 89.9 Å². The van der Waals surface area contributed by atoms with E-state index in [1.165, 1.54) is 51.4 Å². The Labute approximate surface area is 210 Å². The lowest BCUT2D eigenvalue weighted by Crippen LogP contribution is -2.59. The first-order valence-corrected chi connectivity index (χ1v) is 14.2. The Morgan fingerprint density at radius 2 is 1.26 bits per heavy atom. The zero-order chi connectivity index (χ0) is 24.6. The lowest BCUT2D eigenvalue weighted by atomic mass is 9.87. The first-order valence-electron chi connectivity index (χ1n) is 14.2. The zero-order valence-electron chi connectivity index (χ0n) is 21.3. The van der Waals surface area contributed by atoms with Crippen LogP contribution in [0.2, 0.25) is 0 Å². The third-order valence-corrected chi connectivity index (χ3v) is 8.72. The first-order chi connectivity index (χ1) is 17.0. The van der Waals surface area contributed by atoms with E-state index in [9.17, 15) is 19.2 Å². The molecule has 8 nitrogen and oxygen atoms in total. The van der Waals surface area contributed by atoms with Gasteiger partial charge in [0.15, 0.2) is 0 Å². The Morgan fingerprint density at radius 3 is 1.91 bits per heavy atom. The van der Waals surface area contributed by atoms with Crippen molar-refractivity contribution in [1.82, 2.24) is 20.0 Å². The topological polar surface area (TPSA) is 90.0 Å². The predicted octanol–water partition coefficient (Wildman–Crippen LogP) is 2.71. The van der Waals surface area contributed by atoms with E-state index in [1.807, 2.05) is 4.90 Å². The number of nitrogens with one attached hydrogen (secondary N) is 1. The second-order valence-electron chi connectivity index (χ2n) is 11.2. The summed E-state index contributed by atoms with van der Waals surface area (Å²) < 4.78 is 0. The van der Waals surface area contributed by atoms with Crippen molar-refractivity contribution in [2.45, 2.75) is 95.9 Å². The van der Waals surface area contributed by atoms with Gasteiger partial charge in [0, 0.05) is 45.3 Å². The first kappa shape index (κ1) is 26.0. The molecular weight excluding hydrogens is 444 g/mol. The van der Waals surface area contributed by atoms with Crippen molar-refractivity contribution in [2.75, 3.05) is 39.3 Å². The maximum atomic E-state index is 12.7. The summed E-state index contributed by atoms with van der Waals surface area (Å²) in [4.78, 5) is 55.1. The van der Waals surface area contributed by atoms with Crippen LogP contribution in [0.3, 0.4) is 0 Å². The zero-order valence-corrected chi connectivity index (χ0v) is 21.3. The van der Waals surface area contributed by atoms with E-state index in [4.69, 9.17) is 0 Å². The molecule has 2 saturated heterocycles. The summed E-state index contributed by atoms with van der Waals surface area (Å²) in [7, 11) is 0. The minimum atomic E-state index is -0.484. The van der Waals surface area contributed by atoms with Crippen molar-refractivity contribution < 1.29 is 19.2 Å². The van der Waals surface area contributed by atoms with Crippen LogP contribution in [0.15, 0.2) is 0 Å². The standard InChI is InChI=1S/C27H44N4O4/c32-24-25(33)31(20-22-11-5-2-6-12-22)23(19-28-24)13-7-8-15-29-17-18-30(27(35)26(29)34)16-14-21-9-3-1-4-10-21/h21-23H,1-20H2,(H,28,32)/t23-/m1/s1. The van der Waals surface area contributed by atoms with E-state index in [0.29, 0.717) is 51.1 Å². The number of hydrogen-bond donors (Lipinski definition) is 1. The molecule has 196 valence electrons. The summed E-state index contributed by atoms with van der Waals surface area (Å²) in [5.74, 6) is -0.373. The van der Waals surface area contributed by atoms with Crippen LogP contribution in [-0.4, -0.2) is 83.6 Å². The van der Waals surface area contributed by atoms with Gasteiger partial charge in [-0.1, -0.05) is 51.4 Å². The molecule has 0 unspecified atom stereocenters. The predicted molar refractivity (Wildman–Crippen MR) is 133 cm³/mol. The van der Waals surface area contributed by atoms with E-state index < -0.39 is 11.8 Å². The van der Waals surface area contributed by atoms with Gasteiger partial charge in [0.1, 0.15) is 0 Å². The minimum absolute atomic E-state index is 0.0242. The fourth-order valence-electron chi connectivity index (χ4n) is 6.47. The maximum absolute atomic E-state index is 12.7. The van der Waals surface area contributed by atoms with E-state index in [0.717, 1.165) is 38.5 Å². The molecule has 2 saturated carbocycles. The van der Waals surface area contributed by atoms with Crippen LogP contribution >= 0.6 is 0 Å². The number of nitrogens with zero attached hydrogens (tertiary/aromatic N) is 3. The molecule has 1 N–H and O–H groups in total. The molecule has 0 bridgehead atoms. The molecule has 2 aliphatic heterocycles. The van der Waals surface area contributed by atoms with Gasteiger partial charge in [-0.2, -0.15) is 0 Å². The van der Waals surface area contributed by atoms with E-state index in [2.05, 4.69) is 5.32 Å². The summed E-state index contributed by atoms with van der Waals surface area (Å²) in [6.07, 6.45) is 15.9. The molecule has 2 aliphatic carbocycles. The van der Waals surface area contributed by atoms with Gasteiger partial charge in [0.2, 0.25) is 0 Å². The second-order valence-corrected chi connectivity index (χ2v) is 11.2. The van der Waals surface area contributed by atoms with Crippen LogP contribution in [0.5, 0.6) is 0 Å². The van der Waals surface area contributed by atoms with Crippen molar-refractivity contribution in [3.05, 3.63) is 0 Å². The minimum Gasteiger partial charge on any atom is -0.346 e. The van der Waals surface area contributed by atoms with Crippen molar-refractivity contribution in [2.24, 2.45) is 11.8 Å². The number of unbranched alkanes of at least 4 members (excludes halogenated alkanes) is 1. The molecule has 35 heavy (non-hydrogen) atoms. The molecule has 4 rings (SSSR count). The number of rotatable bonds is 10. The SMILES string of the molecule is O=C1NC[C@@H](CCCCN2CCN(CCC3CCCCC3)C(=O)C2=O)N(CC2CCCCC2)C1=O. The third kappa shape index (κ3) is 6.98. The summed E-state index contributed by atoms with van der Waals surface area (Å²) in [5, 5.41) is 2.75. The van der Waals surface area contributed by atoms with Gasteiger partial charge in [0.25, 0.3) is 0 Å². The Bertz CT molecular complexity index is 760. The average molecular weight is 489 g/mol. The highest BCUT2D eigenvalue weighted by Crippen LogP contribution is 2.27. The van der Waals surface area contributed by atoms with Crippen molar-refractivity contribution >= 4 is 23.6 Å². The monoisotopic (exact) mass is 488 g/mol.